The molecule has 1 aliphatic rings. The minimum absolute atomic E-state index is 0.383. The Morgan fingerprint density at radius 3 is 2.90 bits per heavy atom. The minimum Gasteiger partial charge on any atom is -0.489 e. The third-order valence-electron chi connectivity index (χ3n) is 3.88. The SMILES string of the molecule is CN[C@@H](C)CC=Cc1cncc(OC2CCCCC2)c1. The van der Waals surface area contributed by atoms with E-state index in [2.05, 4.69) is 35.4 Å². The number of nitrogens with zero attached hydrogens (tertiary/aromatic N) is 1. The van der Waals surface area contributed by atoms with Crippen molar-refractivity contribution in [2.24, 2.45) is 0 Å². The summed E-state index contributed by atoms with van der Waals surface area (Å²) in [6, 6.07) is 2.59. The van der Waals surface area contributed by atoms with E-state index in [0.29, 0.717) is 12.1 Å². The van der Waals surface area contributed by atoms with Crippen molar-refractivity contribution in [1.82, 2.24) is 10.3 Å². The predicted molar refractivity (Wildman–Crippen MR) is 83.9 cm³/mol. The van der Waals surface area contributed by atoms with Gasteiger partial charge < -0.3 is 10.1 Å². The van der Waals surface area contributed by atoms with Gasteiger partial charge in [-0.2, -0.15) is 0 Å². The second-order valence-electron chi connectivity index (χ2n) is 5.66. The lowest BCUT2D eigenvalue weighted by atomic mass is 9.98. The van der Waals surface area contributed by atoms with Crippen LogP contribution in [0.15, 0.2) is 24.5 Å². The van der Waals surface area contributed by atoms with Crippen LogP contribution in [-0.2, 0) is 0 Å². The molecule has 2 rings (SSSR count). The Kier molecular flexibility index (Phi) is 6.06. The zero-order valence-electron chi connectivity index (χ0n) is 12.6. The van der Waals surface area contributed by atoms with Gasteiger partial charge >= 0.3 is 0 Å². The van der Waals surface area contributed by atoms with Crippen LogP contribution < -0.4 is 10.1 Å². The summed E-state index contributed by atoms with van der Waals surface area (Å²) in [5, 5.41) is 3.23. The maximum Gasteiger partial charge on any atom is 0.138 e. The van der Waals surface area contributed by atoms with Crippen LogP contribution in [0.4, 0.5) is 0 Å². The van der Waals surface area contributed by atoms with E-state index in [1.165, 1.54) is 32.1 Å². The number of hydrogen-bond donors (Lipinski definition) is 1. The third kappa shape index (κ3) is 4.97. The third-order valence-corrected chi connectivity index (χ3v) is 3.88. The molecule has 1 atom stereocenters. The Bertz CT molecular complexity index is 425. The fourth-order valence-electron chi connectivity index (χ4n) is 2.49. The molecule has 1 fully saturated rings. The van der Waals surface area contributed by atoms with Gasteiger partial charge in [0.15, 0.2) is 0 Å². The Hall–Kier alpha value is -1.35. The van der Waals surface area contributed by atoms with Gasteiger partial charge in [0.25, 0.3) is 0 Å². The monoisotopic (exact) mass is 274 g/mol. The highest BCUT2D eigenvalue weighted by Gasteiger charge is 2.14. The first kappa shape index (κ1) is 15.0. The molecule has 0 aliphatic heterocycles. The van der Waals surface area contributed by atoms with Crippen molar-refractivity contribution >= 4 is 6.08 Å². The number of ether oxygens (including phenoxy) is 1. The van der Waals surface area contributed by atoms with Crippen LogP contribution in [-0.4, -0.2) is 24.2 Å². The van der Waals surface area contributed by atoms with E-state index in [-0.39, 0.29) is 0 Å². The predicted octanol–water partition coefficient (Wildman–Crippen LogP) is 3.80. The maximum atomic E-state index is 6.04. The number of nitrogens with one attached hydrogen (secondary N) is 1. The normalized spacial score (nSPS) is 18.3. The molecule has 0 amide bonds. The zero-order valence-corrected chi connectivity index (χ0v) is 12.6. The highest BCUT2D eigenvalue weighted by atomic mass is 16.5. The van der Waals surface area contributed by atoms with Gasteiger partial charge in [-0.3, -0.25) is 4.98 Å². The van der Waals surface area contributed by atoms with Crippen molar-refractivity contribution < 1.29 is 4.74 Å². The molecule has 1 aromatic rings. The van der Waals surface area contributed by atoms with Crippen molar-refractivity contribution in [3.63, 3.8) is 0 Å². The fourth-order valence-corrected chi connectivity index (χ4v) is 2.49. The Morgan fingerprint density at radius 1 is 1.35 bits per heavy atom. The molecule has 1 aliphatic carbocycles. The van der Waals surface area contributed by atoms with Gasteiger partial charge in [0.05, 0.1) is 12.3 Å². The van der Waals surface area contributed by atoms with Crippen molar-refractivity contribution in [3.05, 3.63) is 30.1 Å². The smallest absolute Gasteiger partial charge is 0.138 e. The lowest BCUT2D eigenvalue weighted by molar-refractivity contribution is 0.154. The summed E-state index contributed by atoms with van der Waals surface area (Å²) >= 11 is 0. The molecule has 1 N–H and O–H groups in total. The van der Waals surface area contributed by atoms with Crippen molar-refractivity contribution in [1.29, 1.82) is 0 Å². The number of rotatable bonds is 6. The first-order chi connectivity index (χ1) is 9.78. The zero-order chi connectivity index (χ0) is 14.2. The summed E-state index contributed by atoms with van der Waals surface area (Å²) in [7, 11) is 1.98. The minimum atomic E-state index is 0.383. The Morgan fingerprint density at radius 2 is 2.15 bits per heavy atom. The van der Waals surface area contributed by atoms with E-state index in [9.17, 15) is 0 Å². The molecule has 110 valence electrons. The second-order valence-corrected chi connectivity index (χ2v) is 5.66. The molecule has 1 aromatic heterocycles. The lowest BCUT2D eigenvalue weighted by Gasteiger charge is -2.22. The summed E-state index contributed by atoms with van der Waals surface area (Å²) in [6.07, 6.45) is 15.7. The summed E-state index contributed by atoms with van der Waals surface area (Å²) in [6.45, 7) is 2.17. The van der Waals surface area contributed by atoms with E-state index in [0.717, 1.165) is 17.7 Å². The van der Waals surface area contributed by atoms with Crippen LogP contribution in [0.1, 0.15) is 51.0 Å². The van der Waals surface area contributed by atoms with Crippen molar-refractivity contribution in [2.45, 2.75) is 57.6 Å². The van der Waals surface area contributed by atoms with Crippen LogP contribution in [0.3, 0.4) is 0 Å². The summed E-state index contributed by atoms with van der Waals surface area (Å²) in [5.74, 6) is 0.903. The molecular formula is C17H26N2O. The van der Waals surface area contributed by atoms with Gasteiger partial charge in [-0.1, -0.05) is 18.6 Å². The topological polar surface area (TPSA) is 34.2 Å². The molecule has 0 bridgehead atoms. The van der Waals surface area contributed by atoms with Crippen LogP contribution in [0.5, 0.6) is 5.75 Å². The molecule has 20 heavy (non-hydrogen) atoms. The Labute approximate surface area is 122 Å². The van der Waals surface area contributed by atoms with Crippen LogP contribution in [0.2, 0.25) is 0 Å². The van der Waals surface area contributed by atoms with Crippen LogP contribution >= 0.6 is 0 Å². The maximum absolute atomic E-state index is 6.04. The van der Waals surface area contributed by atoms with E-state index >= 15 is 0 Å². The molecule has 3 nitrogen and oxygen atoms in total. The van der Waals surface area contributed by atoms with Crippen LogP contribution in [0, 0.1) is 0 Å². The molecule has 3 heteroatoms. The second kappa shape index (κ2) is 8.05. The highest BCUT2D eigenvalue weighted by molar-refractivity contribution is 5.49. The van der Waals surface area contributed by atoms with Gasteiger partial charge in [-0.25, -0.2) is 0 Å². The highest BCUT2D eigenvalue weighted by Crippen LogP contribution is 2.23. The average molecular weight is 274 g/mol. The van der Waals surface area contributed by atoms with Gasteiger partial charge in [0, 0.05) is 12.2 Å². The van der Waals surface area contributed by atoms with Crippen molar-refractivity contribution in [3.8, 4) is 5.75 Å². The summed E-state index contributed by atoms with van der Waals surface area (Å²) in [5.41, 5.74) is 1.11. The number of pyridine rings is 1. The first-order valence-corrected chi connectivity index (χ1v) is 7.73. The number of aromatic nitrogens is 1. The van der Waals surface area contributed by atoms with E-state index < -0.39 is 0 Å². The number of hydrogen-bond acceptors (Lipinski definition) is 3. The van der Waals surface area contributed by atoms with Crippen molar-refractivity contribution in [2.75, 3.05) is 7.05 Å². The molecule has 0 saturated heterocycles. The van der Waals surface area contributed by atoms with Crippen LogP contribution in [0.25, 0.3) is 6.08 Å². The summed E-state index contributed by atoms with van der Waals surface area (Å²) in [4.78, 5) is 4.28. The lowest BCUT2D eigenvalue weighted by Crippen LogP contribution is -2.19. The van der Waals surface area contributed by atoms with Gasteiger partial charge in [0.2, 0.25) is 0 Å². The Balaban J connectivity index is 1.89. The van der Waals surface area contributed by atoms with E-state index in [1.807, 2.05) is 19.4 Å². The molecule has 0 radical (unpaired) electrons. The van der Waals surface area contributed by atoms with Gasteiger partial charge in [-0.05, 0) is 57.7 Å². The van der Waals surface area contributed by atoms with Gasteiger partial charge in [-0.15, -0.1) is 0 Å². The molecular weight excluding hydrogens is 248 g/mol. The molecule has 0 spiro atoms. The standard InChI is InChI=1S/C17H26N2O/c1-14(18-2)7-6-8-15-11-17(13-19-12-15)20-16-9-4-3-5-10-16/h6,8,11-14,16,18H,3-5,7,9-10H2,1-2H3/t14-/m0/s1. The van der Waals surface area contributed by atoms with Gasteiger partial charge in [0.1, 0.15) is 5.75 Å². The fraction of sp³-hybridized carbons (Fsp3) is 0.588. The molecule has 0 unspecified atom stereocenters. The van der Waals surface area contributed by atoms with E-state index in [4.69, 9.17) is 4.74 Å². The quantitative estimate of drug-likeness (QED) is 0.856. The summed E-state index contributed by atoms with van der Waals surface area (Å²) < 4.78 is 6.04. The molecule has 0 aromatic carbocycles. The first-order valence-electron chi connectivity index (χ1n) is 7.73. The average Bonchev–Trinajstić information content (AvgIpc) is 2.48. The molecule has 1 saturated carbocycles. The largest absolute Gasteiger partial charge is 0.489 e. The molecule has 1 heterocycles. The van der Waals surface area contributed by atoms with E-state index in [1.54, 1.807) is 0 Å².